The molecule has 2 aromatic rings. The Morgan fingerprint density at radius 2 is 1.93 bits per heavy atom. The maximum atomic E-state index is 13.4. The Balaban J connectivity index is 1.59. The molecule has 0 amide bonds. The highest BCUT2D eigenvalue weighted by molar-refractivity contribution is 5.69. The molecule has 152 valence electrons. The van der Waals surface area contributed by atoms with E-state index in [9.17, 15) is 18.0 Å². The van der Waals surface area contributed by atoms with Gasteiger partial charge in [0.2, 0.25) is 11.7 Å². The number of nitrogens with zero attached hydrogens (tertiary/aromatic N) is 4. The predicted octanol–water partition coefficient (Wildman–Crippen LogP) is 2.52. The minimum absolute atomic E-state index is 0.00244. The molecule has 3 rings (SSSR count). The Bertz CT molecular complexity index is 814. The zero-order chi connectivity index (χ0) is 20.3. The van der Waals surface area contributed by atoms with Gasteiger partial charge in [-0.1, -0.05) is 12.1 Å². The molecule has 1 N–H and O–H groups in total. The first-order valence-electron chi connectivity index (χ1n) is 9.03. The number of aliphatic carboxylic acids is 1. The summed E-state index contributed by atoms with van der Waals surface area (Å²) in [7, 11) is 0. The van der Waals surface area contributed by atoms with Crippen molar-refractivity contribution in [2.75, 3.05) is 26.2 Å². The number of carboxylic acids is 1. The molecule has 0 aliphatic carbocycles. The van der Waals surface area contributed by atoms with Crippen LogP contribution >= 0.6 is 0 Å². The van der Waals surface area contributed by atoms with Gasteiger partial charge in [-0.15, -0.1) is 0 Å². The molecule has 1 aromatic carbocycles. The summed E-state index contributed by atoms with van der Waals surface area (Å²) >= 11 is 0. The van der Waals surface area contributed by atoms with Crippen molar-refractivity contribution in [2.24, 2.45) is 0 Å². The van der Waals surface area contributed by atoms with Crippen molar-refractivity contribution in [3.63, 3.8) is 0 Å². The first kappa shape index (κ1) is 20.3. The van der Waals surface area contributed by atoms with Crippen molar-refractivity contribution >= 4 is 5.97 Å². The minimum atomic E-state index is -1.54. The summed E-state index contributed by atoms with van der Waals surface area (Å²) < 4.78 is 44.9. The van der Waals surface area contributed by atoms with Gasteiger partial charge in [0, 0.05) is 24.7 Å². The lowest BCUT2D eigenvalue weighted by molar-refractivity contribution is -0.139. The number of rotatable bonds is 7. The summed E-state index contributed by atoms with van der Waals surface area (Å²) in [5.74, 6) is -4.73. The lowest BCUT2D eigenvalue weighted by atomic mass is 10.0. The highest BCUT2D eigenvalue weighted by atomic mass is 19.2. The smallest absolute Gasteiger partial charge is 0.317 e. The van der Waals surface area contributed by atoms with Crippen LogP contribution in [-0.4, -0.2) is 63.2 Å². The number of halogens is 3. The second-order valence-corrected chi connectivity index (χ2v) is 6.73. The Morgan fingerprint density at radius 1 is 1.29 bits per heavy atom. The van der Waals surface area contributed by atoms with Crippen LogP contribution in [0.2, 0.25) is 0 Å². The standard InChI is InChI=1S/C18H21F3N4O3/c1-2-25(10-16(26)27)12-3-5-24(6-4-12)9-15-22-18(23-28-15)11-7-13(19)17(21)14(20)8-11/h7-8,12H,2-6,9-10H2,1H3,(H,26,27). The first-order valence-corrected chi connectivity index (χ1v) is 9.03. The summed E-state index contributed by atoms with van der Waals surface area (Å²) in [5, 5.41) is 12.7. The highest BCUT2D eigenvalue weighted by Crippen LogP contribution is 2.23. The van der Waals surface area contributed by atoms with E-state index in [0.29, 0.717) is 13.1 Å². The van der Waals surface area contributed by atoms with Gasteiger partial charge in [0.1, 0.15) is 0 Å². The van der Waals surface area contributed by atoms with Crippen LogP contribution in [0.1, 0.15) is 25.7 Å². The van der Waals surface area contributed by atoms with E-state index in [1.165, 1.54) is 0 Å². The lowest BCUT2D eigenvalue weighted by Gasteiger charge is -2.36. The predicted molar refractivity (Wildman–Crippen MR) is 92.8 cm³/mol. The molecule has 28 heavy (non-hydrogen) atoms. The third-order valence-electron chi connectivity index (χ3n) is 4.89. The van der Waals surface area contributed by atoms with Gasteiger partial charge in [-0.2, -0.15) is 4.98 Å². The number of hydrogen-bond acceptors (Lipinski definition) is 6. The van der Waals surface area contributed by atoms with E-state index in [4.69, 9.17) is 9.63 Å². The molecule has 0 unspecified atom stereocenters. The monoisotopic (exact) mass is 398 g/mol. The fourth-order valence-corrected chi connectivity index (χ4v) is 3.43. The van der Waals surface area contributed by atoms with Crippen LogP contribution in [-0.2, 0) is 11.3 Å². The molecule has 1 aliphatic rings. The quantitative estimate of drug-likeness (QED) is 0.718. The average Bonchev–Trinajstić information content (AvgIpc) is 3.13. The first-order chi connectivity index (χ1) is 13.4. The normalized spacial score (nSPS) is 16.0. The summed E-state index contributed by atoms with van der Waals surface area (Å²) in [6.07, 6.45) is 1.63. The van der Waals surface area contributed by atoms with E-state index in [0.717, 1.165) is 38.1 Å². The van der Waals surface area contributed by atoms with Crippen LogP contribution in [0.3, 0.4) is 0 Å². The Hall–Kier alpha value is -2.46. The van der Waals surface area contributed by atoms with Gasteiger partial charge in [-0.3, -0.25) is 14.6 Å². The van der Waals surface area contributed by atoms with E-state index in [2.05, 4.69) is 15.0 Å². The molecule has 10 heteroatoms. The molecule has 0 radical (unpaired) electrons. The van der Waals surface area contributed by atoms with Gasteiger partial charge < -0.3 is 9.63 Å². The van der Waals surface area contributed by atoms with Gasteiger partial charge in [0.05, 0.1) is 13.1 Å². The van der Waals surface area contributed by atoms with Crippen LogP contribution in [0.4, 0.5) is 13.2 Å². The van der Waals surface area contributed by atoms with Crippen LogP contribution in [0.5, 0.6) is 0 Å². The molecule has 0 spiro atoms. The van der Waals surface area contributed by atoms with Gasteiger partial charge in [0.25, 0.3) is 0 Å². The Kier molecular flexibility index (Phi) is 6.30. The van der Waals surface area contributed by atoms with Gasteiger partial charge in [0.15, 0.2) is 17.5 Å². The maximum absolute atomic E-state index is 13.4. The van der Waals surface area contributed by atoms with E-state index in [1.54, 1.807) is 0 Å². The molecule has 0 bridgehead atoms. The molecular formula is C18H21F3N4O3. The Labute approximate surface area is 159 Å². The zero-order valence-corrected chi connectivity index (χ0v) is 15.4. The number of aromatic nitrogens is 2. The van der Waals surface area contributed by atoms with Crippen molar-refractivity contribution in [1.82, 2.24) is 19.9 Å². The largest absolute Gasteiger partial charge is 0.480 e. The molecule has 2 heterocycles. The second-order valence-electron chi connectivity index (χ2n) is 6.73. The SMILES string of the molecule is CCN(CC(=O)O)C1CCN(Cc2nc(-c3cc(F)c(F)c(F)c3)no2)CC1. The molecule has 1 saturated heterocycles. The van der Waals surface area contributed by atoms with E-state index in [-0.39, 0.29) is 29.9 Å². The molecule has 7 nitrogen and oxygen atoms in total. The molecule has 0 saturated carbocycles. The van der Waals surface area contributed by atoms with Crippen molar-refractivity contribution in [3.8, 4) is 11.4 Å². The highest BCUT2D eigenvalue weighted by Gasteiger charge is 2.26. The molecular weight excluding hydrogens is 377 g/mol. The topological polar surface area (TPSA) is 82.7 Å². The van der Waals surface area contributed by atoms with Gasteiger partial charge in [-0.25, -0.2) is 13.2 Å². The number of benzene rings is 1. The molecule has 1 aliphatic heterocycles. The summed E-state index contributed by atoms with van der Waals surface area (Å²) in [4.78, 5) is 19.1. The summed E-state index contributed by atoms with van der Waals surface area (Å²) in [6.45, 7) is 4.48. The fourth-order valence-electron chi connectivity index (χ4n) is 3.43. The van der Waals surface area contributed by atoms with Crippen molar-refractivity contribution in [1.29, 1.82) is 0 Å². The van der Waals surface area contributed by atoms with Crippen LogP contribution in [0.15, 0.2) is 16.7 Å². The van der Waals surface area contributed by atoms with E-state index in [1.807, 2.05) is 11.8 Å². The van der Waals surface area contributed by atoms with Crippen LogP contribution < -0.4 is 0 Å². The zero-order valence-electron chi connectivity index (χ0n) is 15.4. The lowest BCUT2D eigenvalue weighted by Crippen LogP contribution is -2.46. The number of piperidine rings is 1. The molecule has 0 atom stereocenters. The Morgan fingerprint density at radius 3 is 2.50 bits per heavy atom. The van der Waals surface area contributed by atoms with Crippen LogP contribution in [0, 0.1) is 17.5 Å². The van der Waals surface area contributed by atoms with E-state index < -0.39 is 23.4 Å². The van der Waals surface area contributed by atoms with Crippen molar-refractivity contribution in [2.45, 2.75) is 32.4 Å². The summed E-state index contributed by atoms with van der Waals surface area (Å²) in [6, 6.07) is 1.85. The number of hydrogen-bond donors (Lipinski definition) is 1. The third kappa shape index (κ3) is 4.68. The maximum Gasteiger partial charge on any atom is 0.317 e. The van der Waals surface area contributed by atoms with Gasteiger partial charge in [-0.05, 0) is 31.5 Å². The van der Waals surface area contributed by atoms with E-state index >= 15 is 0 Å². The second kappa shape index (κ2) is 8.70. The molecule has 1 fully saturated rings. The number of carbonyl (C=O) groups is 1. The molecule has 1 aromatic heterocycles. The van der Waals surface area contributed by atoms with Crippen LogP contribution in [0.25, 0.3) is 11.4 Å². The van der Waals surface area contributed by atoms with Crippen molar-refractivity contribution < 1.29 is 27.6 Å². The minimum Gasteiger partial charge on any atom is -0.480 e. The van der Waals surface area contributed by atoms with Crippen molar-refractivity contribution in [3.05, 3.63) is 35.5 Å². The average molecular weight is 398 g/mol. The number of carboxylic acid groups (broad SMARTS) is 1. The fraction of sp³-hybridized carbons (Fsp3) is 0.500. The third-order valence-corrected chi connectivity index (χ3v) is 4.89. The number of likely N-dealkylation sites (tertiary alicyclic amines) is 1. The number of likely N-dealkylation sites (N-methyl/N-ethyl adjacent to an activating group) is 1. The summed E-state index contributed by atoms with van der Waals surface area (Å²) in [5.41, 5.74) is -0.00244. The van der Waals surface area contributed by atoms with Gasteiger partial charge >= 0.3 is 5.97 Å².